The molecule has 4 heteroatoms. The molecular weight excluding hydrogens is 218 g/mol. The van der Waals surface area contributed by atoms with Gasteiger partial charge in [0, 0.05) is 18.3 Å². The maximum absolute atomic E-state index is 5.51. The Hall–Kier alpha value is -1.42. The molecule has 4 nitrogen and oxygen atoms in total. The SMILES string of the molecule is CC(C)OCCNc1ccc2c(c1)OCCO2. The molecule has 1 aromatic carbocycles. The molecule has 0 atom stereocenters. The lowest BCUT2D eigenvalue weighted by Crippen LogP contribution is -2.16. The molecule has 0 bridgehead atoms. The molecule has 0 aliphatic carbocycles. The van der Waals surface area contributed by atoms with Crippen LogP contribution < -0.4 is 14.8 Å². The standard InChI is InChI=1S/C13H19NO3/c1-10(2)15-6-5-14-11-3-4-12-13(9-11)17-8-7-16-12/h3-4,9-10,14H,5-8H2,1-2H3. The molecule has 1 aromatic rings. The average Bonchev–Trinajstić information content (AvgIpc) is 2.34. The lowest BCUT2D eigenvalue weighted by atomic mass is 10.2. The van der Waals surface area contributed by atoms with Crippen molar-refractivity contribution >= 4 is 5.69 Å². The minimum absolute atomic E-state index is 0.275. The van der Waals surface area contributed by atoms with E-state index in [-0.39, 0.29) is 6.10 Å². The Kier molecular flexibility index (Phi) is 4.09. The van der Waals surface area contributed by atoms with Crippen LogP contribution >= 0.6 is 0 Å². The zero-order valence-corrected chi connectivity index (χ0v) is 10.4. The van der Waals surface area contributed by atoms with Crippen molar-refractivity contribution in [2.24, 2.45) is 0 Å². The van der Waals surface area contributed by atoms with Gasteiger partial charge in [0.25, 0.3) is 0 Å². The van der Waals surface area contributed by atoms with Crippen LogP contribution in [0.2, 0.25) is 0 Å². The summed E-state index contributed by atoms with van der Waals surface area (Å²) in [6.07, 6.45) is 0.275. The van der Waals surface area contributed by atoms with Gasteiger partial charge in [-0.1, -0.05) is 0 Å². The van der Waals surface area contributed by atoms with Gasteiger partial charge in [-0.15, -0.1) is 0 Å². The maximum atomic E-state index is 5.51. The van der Waals surface area contributed by atoms with Gasteiger partial charge in [-0.05, 0) is 26.0 Å². The van der Waals surface area contributed by atoms with Gasteiger partial charge in [-0.3, -0.25) is 0 Å². The molecule has 1 aliphatic heterocycles. The highest BCUT2D eigenvalue weighted by Crippen LogP contribution is 2.32. The smallest absolute Gasteiger partial charge is 0.163 e. The van der Waals surface area contributed by atoms with E-state index >= 15 is 0 Å². The minimum atomic E-state index is 0.275. The Morgan fingerprint density at radius 1 is 1.24 bits per heavy atom. The molecule has 1 aliphatic rings. The molecule has 0 aromatic heterocycles. The number of fused-ring (bicyclic) bond motifs is 1. The van der Waals surface area contributed by atoms with E-state index in [9.17, 15) is 0 Å². The zero-order valence-electron chi connectivity index (χ0n) is 10.4. The Bertz CT molecular complexity index is 366. The maximum Gasteiger partial charge on any atom is 0.163 e. The molecule has 17 heavy (non-hydrogen) atoms. The first-order valence-electron chi connectivity index (χ1n) is 6.01. The second-order valence-corrected chi connectivity index (χ2v) is 4.20. The summed E-state index contributed by atoms with van der Waals surface area (Å²) in [5.74, 6) is 1.63. The van der Waals surface area contributed by atoms with Crippen molar-refractivity contribution in [3.05, 3.63) is 18.2 Å². The van der Waals surface area contributed by atoms with Gasteiger partial charge in [0.1, 0.15) is 13.2 Å². The Labute approximate surface area is 102 Å². The highest BCUT2D eigenvalue weighted by molar-refractivity contribution is 5.55. The molecule has 0 fully saturated rings. The lowest BCUT2D eigenvalue weighted by molar-refractivity contribution is 0.0870. The number of hydrogen-bond donors (Lipinski definition) is 1. The summed E-state index contributed by atoms with van der Waals surface area (Å²) in [5, 5.41) is 3.29. The normalized spacial score (nSPS) is 13.8. The van der Waals surface area contributed by atoms with Gasteiger partial charge in [-0.2, -0.15) is 0 Å². The molecule has 0 amide bonds. The number of nitrogens with one attached hydrogen (secondary N) is 1. The third kappa shape index (κ3) is 3.53. The summed E-state index contributed by atoms with van der Waals surface area (Å²) >= 11 is 0. The van der Waals surface area contributed by atoms with Crippen molar-refractivity contribution in [1.29, 1.82) is 0 Å². The first-order valence-corrected chi connectivity index (χ1v) is 6.01. The van der Waals surface area contributed by atoms with Crippen LogP contribution in [0.15, 0.2) is 18.2 Å². The van der Waals surface area contributed by atoms with Crippen LogP contribution in [0.3, 0.4) is 0 Å². The van der Waals surface area contributed by atoms with E-state index in [0.29, 0.717) is 19.8 Å². The highest BCUT2D eigenvalue weighted by Gasteiger charge is 2.11. The Balaban J connectivity index is 1.85. The first-order chi connectivity index (χ1) is 8.25. The van der Waals surface area contributed by atoms with E-state index in [0.717, 1.165) is 23.7 Å². The summed E-state index contributed by atoms with van der Waals surface area (Å²) in [6.45, 7) is 6.80. The van der Waals surface area contributed by atoms with Crippen molar-refractivity contribution in [2.45, 2.75) is 20.0 Å². The fraction of sp³-hybridized carbons (Fsp3) is 0.538. The molecule has 0 spiro atoms. The summed E-state index contributed by atoms with van der Waals surface area (Å²) in [5.41, 5.74) is 1.03. The quantitative estimate of drug-likeness (QED) is 0.798. The Morgan fingerprint density at radius 3 is 2.76 bits per heavy atom. The molecule has 0 saturated heterocycles. The van der Waals surface area contributed by atoms with E-state index in [1.165, 1.54) is 0 Å². The number of anilines is 1. The highest BCUT2D eigenvalue weighted by atomic mass is 16.6. The van der Waals surface area contributed by atoms with E-state index < -0.39 is 0 Å². The molecule has 94 valence electrons. The predicted octanol–water partition coefficient (Wildman–Crippen LogP) is 2.29. The second kappa shape index (κ2) is 5.77. The van der Waals surface area contributed by atoms with Crippen molar-refractivity contribution in [1.82, 2.24) is 0 Å². The number of rotatable bonds is 5. The van der Waals surface area contributed by atoms with Crippen LogP contribution in [0.4, 0.5) is 5.69 Å². The zero-order chi connectivity index (χ0) is 12.1. The third-order valence-electron chi connectivity index (χ3n) is 2.42. The van der Waals surface area contributed by atoms with Gasteiger partial charge in [0.05, 0.1) is 12.7 Å². The molecule has 0 saturated carbocycles. The van der Waals surface area contributed by atoms with Crippen LogP contribution in [-0.2, 0) is 4.74 Å². The predicted molar refractivity (Wildman–Crippen MR) is 67.0 cm³/mol. The van der Waals surface area contributed by atoms with Gasteiger partial charge in [0.2, 0.25) is 0 Å². The largest absolute Gasteiger partial charge is 0.486 e. The van der Waals surface area contributed by atoms with Crippen molar-refractivity contribution in [3.63, 3.8) is 0 Å². The van der Waals surface area contributed by atoms with Crippen LogP contribution in [0, 0.1) is 0 Å². The van der Waals surface area contributed by atoms with Gasteiger partial charge >= 0.3 is 0 Å². The van der Waals surface area contributed by atoms with Crippen LogP contribution in [0.5, 0.6) is 11.5 Å². The van der Waals surface area contributed by atoms with Gasteiger partial charge < -0.3 is 19.5 Å². The van der Waals surface area contributed by atoms with E-state index in [1.807, 2.05) is 32.0 Å². The van der Waals surface area contributed by atoms with E-state index in [1.54, 1.807) is 0 Å². The molecule has 0 unspecified atom stereocenters. The average molecular weight is 237 g/mol. The summed E-state index contributed by atoms with van der Waals surface area (Å²) in [6, 6.07) is 5.88. The fourth-order valence-corrected chi connectivity index (χ4v) is 1.64. The molecule has 1 N–H and O–H groups in total. The van der Waals surface area contributed by atoms with Crippen LogP contribution in [0.25, 0.3) is 0 Å². The topological polar surface area (TPSA) is 39.7 Å². The molecule has 2 rings (SSSR count). The summed E-state index contributed by atoms with van der Waals surface area (Å²) in [4.78, 5) is 0. The molecule has 1 heterocycles. The summed E-state index contributed by atoms with van der Waals surface area (Å²) in [7, 11) is 0. The Morgan fingerprint density at radius 2 is 2.00 bits per heavy atom. The van der Waals surface area contributed by atoms with E-state index in [2.05, 4.69) is 5.32 Å². The summed E-state index contributed by atoms with van der Waals surface area (Å²) < 4.78 is 16.4. The second-order valence-electron chi connectivity index (χ2n) is 4.20. The van der Waals surface area contributed by atoms with Crippen molar-refractivity contribution in [3.8, 4) is 11.5 Å². The molecular formula is C13H19NO3. The van der Waals surface area contributed by atoms with Gasteiger partial charge in [-0.25, -0.2) is 0 Å². The van der Waals surface area contributed by atoms with Crippen LogP contribution in [0.1, 0.15) is 13.8 Å². The van der Waals surface area contributed by atoms with Crippen molar-refractivity contribution in [2.75, 3.05) is 31.7 Å². The number of benzene rings is 1. The first kappa shape index (κ1) is 12.0. The minimum Gasteiger partial charge on any atom is -0.486 e. The van der Waals surface area contributed by atoms with Crippen LogP contribution in [-0.4, -0.2) is 32.5 Å². The van der Waals surface area contributed by atoms with Gasteiger partial charge in [0.15, 0.2) is 11.5 Å². The number of hydrogen-bond acceptors (Lipinski definition) is 4. The van der Waals surface area contributed by atoms with Crippen molar-refractivity contribution < 1.29 is 14.2 Å². The third-order valence-corrected chi connectivity index (χ3v) is 2.42. The molecule has 0 radical (unpaired) electrons. The fourth-order valence-electron chi connectivity index (χ4n) is 1.64. The number of ether oxygens (including phenoxy) is 3. The monoisotopic (exact) mass is 237 g/mol. The van der Waals surface area contributed by atoms with E-state index in [4.69, 9.17) is 14.2 Å². The lowest BCUT2D eigenvalue weighted by Gasteiger charge is -2.19.